The lowest BCUT2D eigenvalue weighted by Gasteiger charge is -2.08. The fraction of sp³-hybridized carbons (Fsp3) is 1.00. The summed E-state index contributed by atoms with van der Waals surface area (Å²) in [6.45, 7) is -1.52. The fourth-order valence-corrected chi connectivity index (χ4v) is 0.644. The predicted octanol–water partition coefficient (Wildman–Crippen LogP) is 2.48. The van der Waals surface area contributed by atoms with Crippen molar-refractivity contribution in [3.8, 4) is 0 Å². The smallest absolute Gasteiger partial charge is 0.309 e. The van der Waals surface area contributed by atoms with Gasteiger partial charge in [-0.3, -0.25) is 0 Å². The molecule has 80 valence electrons. The summed E-state index contributed by atoms with van der Waals surface area (Å²) in [6, 6.07) is 0. The van der Waals surface area contributed by atoms with Gasteiger partial charge in [-0.25, -0.2) is 0 Å². The van der Waals surface area contributed by atoms with Gasteiger partial charge in [0.2, 0.25) is 0 Å². The largest absolute Gasteiger partial charge is 0.401 e. The van der Waals surface area contributed by atoms with Crippen LogP contribution in [0.15, 0.2) is 0 Å². The molecule has 0 aliphatic heterocycles. The monoisotopic (exact) mass is 209 g/mol. The zero-order chi connectivity index (χ0) is 10.5. The Morgan fingerprint density at radius 1 is 0.846 bits per heavy atom. The van der Waals surface area contributed by atoms with Gasteiger partial charge in [-0.15, -0.1) is 0 Å². The maximum atomic E-state index is 11.5. The van der Waals surface area contributed by atoms with E-state index in [-0.39, 0.29) is 13.0 Å². The SMILES string of the molecule is FC(F)(F)CCCNCC(F)(F)F. The summed E-state index contributed by atoms with van der Waals surface area (Å²) in [5, 5.41) is 1.87. The second-order valence-corrected chi connectivity index (χ2v) is 2.51. The number of hydrogen-bond acceptors (Lipinski definition) is 1. The molecule has 13 heavy (non-hydrogen) atoms. The van der Waals surface area contributed by atoms with E-state index in [4.69, 9.17) is 0 Å². The first kappa shape index (κ1) is 12.5. The van der Waals surface area contributed by atoms with Crippen LogP contribution in [0.4, 0.5) is 26.3 Å². The van der Waals surface area contributed by atoms with Crippen LogP contribution in [0.5, 0.6) is 0 Å². The average molecular weight is 209 g/mol. The zero-order valence-electron chi connectivity index (χ0n) is 6.60. The number of hydrogen-bond donors (Lipinski definition) is 1. The lowest BCUT2D eigenvalue weighted by Crippen LogP contribution is -2.29. The van der Waals surface area contributed by atoms with Gasteiger partial charge in [0, 0.05) is 6.42 Å². The Bertz CT molecular complexity index is 121. The van der Waals surface area contributed by atoms with Crippen LogP contribution in [0.1, 0.15) is 12.8 Å². The van der Waals surface area contributed by atoms with E-state index < -0.39 is 25.3 Å². The van der Waals surface area contributed by atoms with Crippen molar-refractivity contribution in [3.63, 3.8) is 0 Å². The maximum absolute atomic E-state index is 11.5. The summed E-state index contributed by atoms with van der Waals surface area (Å²) in [5.74, 6) is 0. The molecule has 1 nitrogen and oxygen atoms in total. The van der Waals surface area contributed by atoms with E-state index in [1.54, 1.807) is 0 Å². The van der Waals surface area contributed by atoms with Gasteiger partial charge < -0.3 is 5.32 Å². The van der Waals surface area contributed by atoms with Crippen molar-refractivity contribution in [2.75, 3.05) is 13.1 Å². The molecule has 1 N–H and O–H groups in total. The maximum Gasteiger partial charge on any atom is 0.401 e. The first-order valence-electron chi connectivity index (χ1n) is 3.55. The van der Waals surface area contributed by atoms with Gasteiger partial charge in [0.05, 0.1) is 6.54 Å². The number of nitrogens with one attached hydrogen (secondary N) is 1. The third kappa shape index (κ3) is 11.5. The van der Waals surface area contributed by atoms with Gasteiger partial charge in [-0.1, -0.05) is 0 Å². The molecule has 0 rings (SSSR count). The lowest BCUT2D eigenvalue weighted by molar-refractivity contribution is -0.136. The molecule has 0 aliphatic rings. The van der Waals surface area contributed by atoms with Gasteiger partial charge in [0.25, 0.3) is 0 Å². The predicted molar refractivity (Wildman–Crippen MR) is 34.2 cm³/mol. The molecule has 0 bridgehead atoms. The highest BCUT2D eigenvalue weighted by molar-refractivity contribution is 4.57. The summed E-state index contributed by atoms with van der Waals surface area (Å²) in [7, 11) is 0. The standard InChI is InChI=1S/C6H9F6N/c7-5(8,9)2-1-3-13-4-6(10,11)12/h13H,1-4H2. The normalized spacial score (nSPS) is 13.4. The van der Waals surface area contributed by atoms with E-state index in [0.717, 1.165) is 0 Å². The van der Waals surface area contributed by atoms with Crippen molar-refractivity contribution in [2.24, 2.45) is 0 Å². The molecule has 0 spiro atoms. The van der Waals surface area contributed by atoms with Gasteiger partial charge in [-0.05, 0) is 13.0 Å². The Labute approximate surface area is 71.1 Å². The quantitative estimate of drug-likeness (QED) is 0.554. The molecule has 0 aromatic heterocycles. The Morgan fingerprint density at radius 3 is 1.77 bits per heavy atom. The second kappa shape index (κ2) is 4.69. The minimum Gasteiger partial charge on any atom is -0.309 e. The van der Waals surface area contributed by atoms with Crippen molar-refractivity contribution in [1.29, 1.82) is 0 Å². The topological polar surface area (TPSA) is 12.0 Å². The Hall–Kier alpha value is -0.460. The lowest BCUT2D eigenvalue weighted by atomic mass is 10.3. The van der Waals surface area contributed by atoms with Crippen molar-refractivity contribution >= 4 is 0 Å². The average Bonchev–Trinajstić information content (AvgIpc) is 1.81. The van der Waals surface area contributed by atoms with Crippen LogP contribution in [0.3, 0.4) is 0 Å². The van der Waals surface area contributed by atoms with E-state index in [2.05, 4.69) is 0 Å². The minimum atomic E-state index is -4.36. The Kier molecular flexibility index (Phi) is 4.52. The van der Waals surface area contributed by atoms with E-state index in [9.17, 15) is 26.3 Å². The van der Waals surface area contributed by atoms with Crippen molar-refractivity contribution in [1.82, 2.24) is 5.32 Å². The molecule has 0 aromatic carbocycles. The number of halogens is 6. The molecule has 0 unspecified atom stereocenters. The zero-order valence-corrected chi connectivity index (χ0v) is 6.60. The molecular formula is C6H9F6N. The van der Waals surface area contributed by atoms with Crippen LogP contribution in [0.2, 0.25) is 0 Å². The Morgan fingerprint density at radius 2 is 1.38 bits per heavy atom. The van der Waals surface area contributed by atoms with E-state index >= 15 is 0 Å². The summed E-state index contributed by atoms with van der Waals surface area (Å²) in [6.07, 6.45) is -10.0. The molecule has 0 saturated carbocycles. The highest BCUT2D eigenvalue weighted by Gasteiger charge is 2.28. The first-order valence-corrected chi connectivity index (χ1v) is 3.55. The van der Waals surface area contributed by atoms with Crippen LogP contribution in [-0.4, -0.2) is 25.4 Å². The van der Waals surface area contributed by atoms with Gasteiger partial charge in [0.1, 0.15) is 0 Å². The second-order valence-electron chi connectivity index (χ2n) is 2.51. The third-order valence-electron chi connectivity index (χ3n) is 1.14. The molecule has 0 amide bonds. The van der Waals surface area contributed by atoms with Gasteiger partial charge >= 0.3 is 12.4 Å². The molecule has 0 atom stereocenters. The van der Waals surface area contributed by atoms with Crippen molar-refractivity contribution in [2.45, 2.75) is 25.2 Å². The minimum absolute atomic E-state index is 0.279. The van der Waals surface area contributed by atoms with E-state index in [1.165, 1.54) is 0 Å². The molecular weight excluding hydrogens is 200 g/mol. The van der Waals surface area contributed by atoms with Crippen LogP contribution in [0, 0.1) is 0 Å². The van der Waals surface area contributed by atoms with E-state index in [1.807, 2.05) is 5.32 Å². The molecule has 7 heteroatoms. The highest BCUT2D eigenvalue weighted by Crippen LogP contribution is 2.20. The molecule has 0 aliphatic carbocycles. The summed E-state index contributed by atoms with van der Waals surface area (Å²) in [5.41, 5.74) is 0. The van der Waals surface area contributed by atoms with Crippen LogP contribution in [0.25, 0.3) is 0 Å². The van der Waals surface area contributed by atoms with E-state index in [0.29, 0.717) is 0 Å². The molecule has 0 aromatic rings. The van der Waals surface area contributed by atoms with Crippen molar-refractivity contribution in [3.05, 3.63) is 0 Å². The molecule has 0 radical (unpaired) electrons. The number of alkyl halides is 6. The van der Waals surface area contributed by atoms with Gasteiger partial charge in [0.15, 0.2) is 0 Å². The van der Waals surface area contributed by atoms with Crippen molar-refractivity contribution < 1.29 is 26.3 Å². The number of rotatable bonds is 4. The summed E-state index contributed by atoms with van der Waals surface area (Å²) >= 11 is 0. The van der Waals surface area contributed by atoms with Crippen LogP contribution >= 0.6 is 0 Å². The van der Waals surface area contributed by atoms with Crippen LogP contribution < -0.4 is 5.32 Å². The third-order valence-corrected chi connectivity index (χ3v) is 1.14. The molecule has 0 heterocycles. The fourth-order valence-electron chi connectivity index (χ4n) is 0.644. The molecule has 0 fully saturated rings. The summed E-state index contributed by atoms with van der Waals surface area (Å²) < 4.78 is 68.7. The van der Waals surface area contributed by atoms with Crippen LogP contribution in [-0.2, 0) is 0 Å². The molecule has 0 saturated heterocycles. The van der Waals surface area contributed by atoms with Gasteiger partial charge in [-0.2, -0.15) is 26.3 Å². The highest BCUT2D eigenvalue weighted by atomic mass is 19.4. The Balaban J connectivity index is 3.28. The first-order chi connectivity index (χ1) is 5.71. The summed E-state index contributed by atoms with van der Waals surface area (Å²) in [4.78, 5) is 0.